The molecule has 1 heterocycles. The number of nitrogens with one attached hydrogen (secondary N) is 1. The molecule has 0 aliphatic carbocycles. The highest BCUT2D eigenvalue weighted by molar-refractivity contribution is 6.17. The van der Waals surface area contributed by atoms with Gasteiger partial charge >= 0.3 is 0 Å². The topological polar surface area (TPSA) is 65.8 Å². The summed E-state index contributed by atoms with van der Waals surface area (Å²) in [4.78, 5) is 15.6. The number of amides is 1. The molecule has 1 aromatic rings. The lowest BCUT2D eigenvalue weighted by Crippen LogP contribution is -2.25. The molecule has 0 unspecified atom stereocenters. The van der Waals surface area contributed by atoms with E-state index in [4.69, 9.17) is 16.9 Å². The zero-order valence-electron chi connectivity index (χ0n) is 10.2. The molecule has 1 N–H and O–H groups in total. The maximum absolute atomic E-state index is 11.7. The zero-order chi connectivity index (χ0) is 13.2. The van der Waals surface area contributed by atoms with Crippen LogP contribution in [0.15, 0.2) is 18.3 Å². The molecule has 5 heteroatoms. The lowest BCUT2D eigenvalue weighted by atomic mass is 10.2. The van der Waals surface area contributed by atoms with Gasteiger partial charge in [-0.15, -0.1) is 11.6 Å². The van der Waals surface area contributed by atoms with Gasteiger partial charge in [-0.2, -0.15) is 5.26 Å². The Morgan fingerprint density at radius 3 is 2.72 bits per heavy atom. The summed E-state index contributed by atoms with van der Waals surface area (Å²) in [5, 5.41) is 11.4. The largest absolute Gasteiger partial charge is 0.351 e. The molecule has 0 saturated heterocycles. The second-order valence-corrected chi connectivity index (χ2v) is 4.28. The smallest absolute Gasteiger partial charge is 0.269 e. The minimum absolute atomic E-state index is 0.197. The Kier molecular flexibility index (Phi) is 6.82. The quantitative estimate of drug-likeness (QED) is 0.608. The predicted octanol–water partition coefficient (Wildman–Crippen LogP) is 2.48. The summed E-state index contributed by atoms with van der Waals surface area (Å²) >= 11 is 5.57. The van der Waals surface area contributed by atoms with E-state index < -0.39 is 0 Å². The number of pyridine rings is 1. The molecule has 0 aliphatic heterocycles. The van der Waals surface area contributed by atoms with Crippen LogP contribution in [0.1, 0.15) is 41.7 Å². The van der Waals surface area contributed by atoms with Crippen LogP contribution in [0.3, 0.4) is 0 Å². The van der Waals surface area contributed by atoms with Gasteiger partial charge < -0.3 is 5.32 Å². The molecule has 4 nitrogen and oxygen atoms in total. The standard InChI is InChI=1S/C13H16ClN3O/c14-7-3-1-2-4-8-16-13(18)12-6-5-11(9-15)10-17-12/h5-6,10H,1-4,7-8H2,(H,16,18). The van der Waals surface area contributed by atoms with Crippen LogP contribution >= 0.6 is 11.6 Å². The molecule has 0 bridgehead atoms. The number of alkyl halides is 1. The van der Waals surface area contributed by atoms with Gasteiger partial charge in [0.1, 0.15) is 11.8 Å². The monoisotopic (exact) mass is 265 g/mol. The Morgan fingerprint density at radius 2 is 2.11 bits per heavy atom. The minimum atomic E-state index is -0.197. The van der Waals surface area contributed by atoms with Crippen molar-refractivity contribution in [3.8, 4) is 6.07 Å². The summed E-state index contributed by atoms with van der Waals surface area (Å²) < 4.78 is 0. The van der Waals surface area contributed by atoms with E-state index in [2.05, 4.69) is 10.3 Å². The summed E-state index contributed by atoms with van der Waals surface area (Å²) in [6, 6.07) is 5.10. The third kappa shape index (κ3) is 5.15. The molecular formula is C13H16ClN3O. The van der Waals surface area contributed by atoms with Crippen LogP contribution in [0.2, 0.25) is 0 Å². The highest BCUT2D eigenvalue weighted by Crippen LogP contribution is 2.01. The normalized spacial score (nSPS) is 9.78. The first kappa shape index (κ1) is 14.5. The molecule has 0 radical (unpaired) electrons. The number of aromatic nitrogens is 1. The molecule has 0 saturated carbocycles. The number of halogens is 1. The number of carbonyl (C=O) groups is 1. The van der Waals surface area contributed by atoms with Crippen molar-refractivity contribution in [2.75, 3.05) is 12.4 Å². The third-order valence-corrected chi connectivity index (χ3v) is 2.74. The molecule has 0 aromatic carbocycles. The van der Waals surface area contributed by atoms with Crippen molar-refractivity contribution in [2.45, 2.75) is 25.7 Å². The Labute approximate surface area is 112 Å². The van der Waals surface area contributed by atoms with Crippen molar-refractivity contribution in [3.63, 3.8) is 0 Å². The van der Waals surface area contributed by atoms with Crippen molar-refractivity contribution >= 4 is 17.5 Å². The van der Waals surface area contributed by atoms with Gasteiger partial charge in [-0.25, -0.2) is 4.98 Å². The Balaban J connectivity index is 2.26. The van der Waals surface area contributed by atoms with E-state index in [1.54, 1.807) is 12.1 Å². The van der Waals surface area contributed by atoms with Crippen molar-refractivity contribution in [2.24, 2.45) is 0 Å². The van der Waals surface area contributed by atoms with Crippen molar-refractivity contribution in [3.05, 3.63) is 29.6 Å². The minimum Gasteiger partial charge on any atom is -0.351 e. The number of nitriles is 1. The molecule has 1 rings (SSSR count). The van der Waals surface area contributed by atoms with Gasteiger partial charge in [0.25, 0.3) is 5.91 Å². The van der Waals surface area contributed by atoms with Crippen LogP contribution in [-0.4, -0.2) is 23.3 Å². The van der Waals surface area contributed by atoms with E-state index in [-0.39, 0.29) is 5.91 Å². The van der Waals surface area contributed by atoms with Gasteiger partial charge in [0, 0.05) is 18.6 Å². The number of hydrogen-bond donors (Lipinski definition) is 1. The fraction of sp³-hybridized carbons (Fsp3) is 0.462. The van der Waals surface area contributed by atoms with Crippen molar-refractivity contribution in [1.29, 1.82) is 5.26 Å². The van der Waals surface area contributed by atoms with Crippen molar-refractivity contribution in [1.82, 2.24) is 10.3 Å². The zero-order valence-corrected chi connectivity index (χ0v) is 10.9. The van der Waals surface area contributed by atoms with Gasteiger partial charge in [-0.1, -0.05) is 12.8 Å². The van der Waals surface area contributed by atoms with Gasteiger partial charge in [-0.05, 0) is 25.0 Å². The molecular weight excluding hydrogens is 250 g/mol. The lowest BCUT2D eigenvalue weighted by Gasteiger charge is -2.04. The number of nitrogens with zero attached hydrogens (tertiary/aromatic N) is 2. The molecule has 0 spiro atoms. The van der Waals surface area contributed by atoms with Crippen LogP contribution in [0.5, 0.6) is 0 Å². The van der Waals surface area contributed by atoms with Gasteiger partial charge in [-0.3, -0.25) is 4.79 Å². The summed E-state index contributed by atoms with van der Waals surface area (Å²) in [5.41, 5.74) is 0.794. The average molecular weight is 266 g/mol. The van der Waals surface area contributed by atoms with E-state index in [0.29, 0.717) is 23.7 Å². The van der Waals surface area contributed by atoms with Crippen LogP contribution in [0.25, 0.3) is 0 Å². The fourth-order valence-corrected chi connectivity index (χ4v) is 1.65. The molecule has 0 atom stereocenters. The van der Waals surface area contributed by atoms with Crippen LogP contribution in [0.4, 0.5) is 0 Å². The van der Waals surface area contributed by atoms with Crippen LogP contribution in [-0.2, 0) is 0 Å². The third-order valence-electron chi connectivity index (χ3n) is 2.47. The maximum atomic E-state index is 11.7. The molecule has 1 aromatic heterocycles. The maximum Gasteiger partial charge on any atom is 0.269 e. The molecule has 0 aliphatic rings. The first-order valence-electron chi connectivity index (χ1n) is 5.98. The average Bonchev–Trinajstić information content (AvgIpc) is 2.42. The summed E-state index contributed by atoms with van der Waals surface area (Å²) in [7, 11) is 0. The first-order chi connectivity index (χ1) is 8.77. The molecule has 96 valence electrons. The van der Waals surface area contributed by atoms with Crippen LogP contribution < -0.4 is 5.32 Å². The van der Waals surface area contributed by atoms with E-state index in [1.807, 2.05) is 6.07 Å². The Morgan fingerprint density at radius 1 is 1.33 bits per heavy atom. The second-order valence-electron chi connectivity index (χ2n) is 3.90. The van der Waals surface area contributed by atoms with E-state index in [0.717, 1.165) is 25.7 Å². The summed E-state index contributed by atoms with van der Waals surface area (Å²) in [6.07, 6.45) is 5.52. The van der Waals surface area contributed by atoms with Gasteiger partial charge in [0.15, 0.2) is 0 Å². The Bertz CT molecular complexity index is 411. The highest BCUT2D eigenvalue weighted by atomic mass is 35.5. The summed E-state index contributed by atoms with van der Waals surface area (Å²) in [6.45, 7) is 0.642. The lowest BCUT2D eigenvalue weighted by molar-refractivity contribution is 0.0948. The SMILES string of the molecule is N#Cc1ccc(C(=O)NCCCCCCCl)nc1. The summed E-state index contributed by atoms with van der Waals surface area (Å²) in [5.74, 6) is 0.499. The molecule has 1 amide bonds. The second kappa shape index (κ2) is 8.48. The number of unbranched alkanes of at least 4 members (excludes halogenated alkanes) is 3. The number of hydrogen-bond acceptors (Lipinski definition) is 3. The van der Waals surface area contributed by atoms with Crippen LogP contribution in [0, 0.1) is 11.3 Å². The Hall–Kier alpha value is -1.60. The van der Waals surface area contributed by atoms with E-state index in [1.165, 1.54) is 6.20 Å². The predicted molar refractivity (Wildman–Crippen MR) is 70.5 cm³/mol. The van der Waals surface area contributed by atoms with E-state index >= 15 is 0 Å². The highest BCUT2D eigenvalue weighted by Gasteiger charge is 2.05. The van der Waals surface area contributed by atoms with Crippen molar-refractivity contribution < 1.29 is 4.79 Å². The van der Waals surface area contributed by atoms with Gasteiger partial charge in [0.2, 0.25) is 0 Å². The van der Waals surface area contributed by atoms with E-state index in [9.17, 15) is 4.79 Å². The molecule has 18 heavy (non-hydrogen) atoms. The van der Waals surface area contributed by atoms with Gasteiger partial charge in [0.05, 0.1) is 5.56 Å². The fourth-order valence-electron chi connectivity index (χ4n) is 1.46. The first-order valence-corrected chi connectivity index (χ1v) is 6.51. The molecule has 0 fully saturated rings. The number of rotatable bonds is 7. The number of carbonyl (C=O) groups excluding carboxylic acids is 1.